The Bertz CT molecular complexity index is 556. The van der Waals surface area contributed by atoms with Crippen molar-refractivity contribution in [1.82, 2.24) is 0 Å². The average Bonchev–Trinajstić information content (AvgIpc) is 2.70. The minimum atomic E-state index is -0.283. The van der Waals surface area contributed by atoms with Crippen LogP contribution in [0.1, 0.15) is 12.0 Å². The Balaban J connectivity index is 2.33. The highest BCUT2D eigenvalue weighted by atomic mass is 35.5. The van der Waals surface area contributed by atoms with E-state index in [1.165, 1.54) is 11.0 Å². The molecular formula is C12H8ClN3O. The molecule has 1 saturated heterocycles. The monoisotopic (exact) mass is 245 g/mol. The second-order valence-corrected chi connectivity index (χ2v) is 4.22. The van der Waals surface area contributed by atoms with Gasteiger partial charge in [0.05, 0.1) is 34.3 Å². The van der Waals surface area contributed by atoms with Crippen molar-refractivity contribution in [2.45, 2.75) is 6.42 Å². The first-order chi connectivity index (χ1) is 8.15. The van der Waals surface area contributed by atoms with Crippen LogP contribution in [-0.4, -0.2) is 12.5 Å². The fourth-order valence-electron chi connectivity index (χ4n) is 1.82. The van der Waals surface area contributed by atoms with E-state index >= 15 is 0 Å². The van der Waals surface area contributed by atoms with Crippen molar-refractivity contribution in [1.29, 1.82) is 10.5 Å². The molecule has 5 heteroatoms. The van der Waals surface area contributed by atoms with Gasteiger partial charge in [0, 0.05) is 13.0 Å². The molecule has 17 heavy (non-hydrogen) atoms. The number of carbonyl (C=O) groups is 1. The number of carbonyl (C=O) groups excluding carboxylic acids is 1. The Labute approximate surface area is 104 Å². The van der Waals surface area contributed by atoms with Gasteiger partial charge >= 0.3 is 0 Å². The fourth-order valence-corrected chi connectivity index (χ4v) is 2.10. The number of nitrogens with zero attached hydrogens (tertiary/aromatic N) is 3. The average molecular weight is 246 g/mol. The van der Waals surface area contributed by atoms with Gasteiger partial charge < -0.3 is 4.90 Å². The second kappa shape index (κ2) is 4.45. The van der Waals surface area contributed by atoms with Crippen molar-refractivity contribution >= 4 is 23.2 Å². The smallest absolute Gasteiger partial charge is 0.228 e. The highest BCUT2D eigenvalue weighted by Crippen LogP contribution is 2.31. The van der Waals surface area contributed by atoms with Gasteiger partial charge in [0.25, 0.3) is 0 Å². The third-order valence-electron chi connectivity index (χ3n) is 2.68. The third kappa shape index (κ3) is 2.08. The molecule has 0 saturated carbocycles. The molecule has 0 radical (unpaired) electrons. The first-order valence-electron chi connectivity index (χ1n) is 5.05. The summed E-state index contributed by atoms with van der Waals surface area (Å²) >= 11 is 6.02. The van der Waals surface area contributed by atoms with Crippen LogP contribution in [0, 0.1) is 28.6 Å². The first-order valence-corrected chi connectivity index (χ1v) is 5.43. The van der Waals surface area contributed by atoms with E-state index in [4.69, 9.17) is 22.1 Å². The molecule has 0 aromatic heterocycles. The van der Waals surface area contributed by atoms with E-state index in [0.717, 1.165) is 0 Å². The van der Waals surface area contributed by atoms with Gasteiger partial charge in [-0.3, -0.25) is 4.79 Å². The Morgan fingerprint density at radius 3 is 2.71 bits per heavy atom. The molecule has 1 fully saturated rings. The summed E-state index contributed by atoms with van der Waals surface area (Å²) in [6, 6.07) is 8.82. The predicted octanol–water partition coefficient (Wildman–Crippen LogP) is 2.09. The lowest BCUT2D eigenvalue weighted by Gasteiger charge is -2.17. The number of hydrogen-bond acceptors (Lipinski definition) is 3. The summed E-state index contributed by atoms with van der Waals surface area (Å²) in [5.74, 6) is -0.391. The summed E-state index contributed by atoms with van der Waals surface area (Å²) < 4.78 is 0. The summed E-state index contributed by atoms with van der Waals surface area (Å²) in [5, 5.41) is 17.9. The molecule has 1 atom stereocenters. The maximum Gasteiger partial charge on any atom is 0.228 e. The molecule has 0 bridgehead atoms. The quantitative estimate of drug-likeness (QED) is 0.761. The molecule has 1 aliphatic rings. The van der Waals surface area contributed by atoms with Crippen LogP contribution in [0.4, 0.5) is 5.69 Å². The molecule has 1 aromatic rings. The molecule has 4 nitrogen and oxygen atoms in total. The highest BCUT2D eigenvalue weighted by Gasteiger charge is 2.31. The van der Waals surface area contributed by atoms with E-state index in [2.05, 4.69) is 6.07 Å². The van der Waals surface area contributed by atoms with Gasteiger partial charge in [0.15, 0.2) is 0 Å². The van der Waals surface area contributed by atoms with Gasteiger partial charge in [-0.05, 0) is 18.2 Å². The van der Waals surface area contributed by atoms with Crippen LogP contribution in [0.25, 0.3) is 0 Å². The maximum atomic E-state index is 11.7. The van der Waals surface area contributed by atoms with Crippen LogP contribution in [0.15, 0.2) is 18.2 Å². The molecular weight excluding hydrogens is 238 g/mol. The van der Waals surface area contributed by atoms with Crippen LogP contribution in [0.5, 0.6) is 0 Å². The number of amides is 1. The second-order valence-electron chi connectivity index (χ2n) is 3.81. The van der Waals surface area contributed by atoms with Gasteiger partial charge in [-0.25, -0.2) is 0 Å². The number of halogens is 1. The van der Waals surface area contributed by atoms with E-state index in [1.54, 1.807) is 12.1 Å². The topological polar surface area (TPSA) is 67.9 Å². The normalized spacial score (nSPS) is 18.9. The van der Waals surface area contributed by atoms with Crippen molar-refractivity contribution in [3.8, 4) is 12.1 Å². The lowest BCUT2D eigenvalue weighted by atomic mass is 10.1. The molecule has 1 amide bonds. The minimum absolute atomic E-state index is 0.108. The van der Waals surface area contributed by atoms with Crippen LogP contribution in [0.2, 0.25) is 5.02 Å². The zero-order chi connectivity index (χ0) is 12.4. The van der Waals surface area contributed by atoms with Gasteiger partial charge in [0.1, 0.15) is 0 Å². The molecule has 0 N–H and O–H groups in total. The van der Waals surface area contributed by atoms with Gasteiger partial charge in [-0.2, -0.15) is 10.5 Å². The zero-order valence-electron chi connectivity index (χ0n) is 8.85. The van der Waals surface area contributed by atoms with Crippen LogP contribution in [-0.2, 0) is 4.79 Å². The highest BCUT2D eigenvalue weighted by molar-refractivity contribution is 6.34. The largest absolute Gasteiger partial charge is 0.310 e. The summed E-state index contributed by atoms with van der Waals surface area (Å²) in [6.07, 6.45) is 0.229. The Hall–Kier alpha value is -2.04. The summed E-state index contributed by atoms with van der Waals surface area (Å²) in [4.78, 5) is 13.2. The number of nitriles is 2. The zero-order valence-corrected chi connectivity index (χ0v) is 9.61. The fraction of sp³-hybridized carbons (Fsp3) is 0.250. The molecule has 0 aliphatic carbocycles. The Morgan fingerprint density at radius 1 is 1.41 bits per heavy atom. The molecule has 1 aliphatic heterocycles. The van der Waals surface area contributed by atoms with Crippen LogP contribution >= 0.6 is 11.6 Å². The number of benzene rings is 1. The number of hydrogen-bond donors (Lipinski definition) is 0. The van der Waals surface area contributed by atoms with Crippen molar-refractivity contribution in [3.05, 3.63) is 28.8 Å². The molecule has 84 valence electrons. The van der Waals surface area contributed by atoms with Gasteiger partial charge in [0.2, 0.25) is 5.91 Å². The first kappa shape index (κ1) is 11.4. The predicted molar refractivity (Wildman–Crippen MR) is 62.2 cm³/mol. The van der Waals surface area contributed by atoms with E-state index in [-0.39, 0.29) is 18.2 Å². The van der Waals surface area contributed by atoms with Gasteiger partial charge in [-0.15, -0.1) is 0 Å². The summed E-state index contributed by atoms with van der Waals surface area (Å²) in [6.45, 7) is 0.362. The van der Waals surface area contributed by atoms with E-state index in [1.807, 2.05) is 6.07 Å². The van der Waals surface area contributed by atoms with E-state index < -0.39 is 0 Å². The Kier molecular flexibility index (Phi) is 2.99. The molecule has 2 rings (SSSR count). The van der Waals surface area contributed by atoms with Crippen molar-refractivity contribution in [3.63, 3.8) is 0 Å². The Morgan fingerprint density at radius 2 is 2.18 bits per heavy atom. The lowest BCUT2D eigenvalue weighted by molar-refractivity contribution is -0.117. The maximum absolute atomic E-state index is 11.7. The molecule has 0 spiro atoms. The molecule has 1 unspecified atom stereocenters. The van der Waals surface area contributed by atoms with Crippen molar-refractivity contribution < 1.29 is 4.79 Å². The van der Waals surface area contributed by atoms with Crippen molar-refractivity contribution in [2.75, 3.05) is 11.4 Å². The van der Waals surface area contributed by atoms with Crippen LogP contribution in [0.3, 0.4) is 0 Å². The van der Waals surface area contributed by atoms with Gasteiger partial charge in [-0.1, -0.05) is 11.6 Å². The summed E-state index contributed by atoms with van der Waals surface area (Å²) in [5.41, 5.74) is 1.01. The van der Waals surface area contributed by atoms with Crippen molar-refractivity contribution in [2.24, 2.45) is 5.92 Å². The lowest BCUT2D eigenvalue weighted by Crippen LogP contribution is -2.24. The standard InChI is InChI=1S/C12H8ClN3O/c13-10-3-8(5-14)1-2-11(10)16-7-9(6-15)4-12(16)17/h1-3,9H,4,7H2. The van der Waals surface area contributed by atoms with E-state index in [9.17, 15) is 4.79 Å². The number of rotatable bonds is 1. The van der Waals surface area contributed by atoms with Crippen LogP contribution < -0.4 is 4.90 Å². The third-order valence-corrected chi connectivity index (χ3v) is 2.98. The minimum Gasteiger partial charge on any atom is -0.310 e. The molecule has 1 aromatic carbocycles. The molecule has 1 heterocycles. The number of anilines is 1. The summed E-state index contributed by atoms with van der Waals surface area (Å²) in [7, 11) is 0. The van der Waals surface area contributed by atoms with E-state index in [0.29, 0.717) is 22.8 Å². The SMILES string of the molecule is N#Cc1ccc(N2CC(C#N)CC2=O)c(Cl)c1.